The highest BCUT2D eigenvalue weighted by Crippen LogP contribution is 2.41. The monoisotopic (exact) mass is 534 g/mol. The van der Waals surface area contributed by atoms with Gasteiger partial charge in [-0.25, -0.2) is 0 Å². The maximum absolute atomic E-state index is 13.1. The van der Waals surface area contributed by atoms with Gasteiger partial charge < -0.3 is 48.5 Å². The van der Waals surface area contributed by atoms with E-state index < -0.39 is 49.5 Å². The van der Waals surface area contributed by atoms with Crippen molar-refractivity contribution >= 4 is 5.78 Å². The van der Waals surface area contributed by atoms with Gasteiger partial charge in [0.05, 0.1) is 41.2 Å². The van der Waals surface area contributed by atoms with Crippen LogP contribution in [0.4, 0.5) is 0 Å². The van der Waals surface area contributed by atoms with Gasteiger partial charge in [-0.05, 0) is 42.3 Å². The third-order valence-corrected chi connectivity index (χ3v) is 6.87. The number of hydrogen-bond acceptors (Lipinski definition) is 11. The molecule has 2 heterocycles. The van der Waals surface area contributed by atoms with Crippen LogP contribution in [0.2, 0.25) is 0 Å². The summed E-state index contributed by atoms with van der Waals surface area (Å²) in [5.74, 6) is 1.81. The Kier molecular flexibility index (Phi) is 9.08. The second-order valence-electron chi connectivity index (χ2n) is 9.05. The Morgan fingerprint density at radius 3 is 2.03 bits per heavy atom. The Morgan fingerprint density at radius 1 is 0.789 bits per heavy atom. The zero-order chi connectivity index (χ0) is 27.4. The van der Waals surface area contributed by atoms with E-state index in [0.29, 0.717) is 34.1 Å². The summed E-state index contributed by atoms with van der Waals surface area (Å²) >= 11 is 0. The number of rotatable bonds is 10. The number of Topliss-reactive ketones (excluding diaryl/α,β-unsaturated/α-hetero) is 1. The molecule has 3 N–H and O–H groups in total. The molecule has 0 aromatic heterocycles. The molecule has 38 heavy (non-hydrogen) atoms. The summed E-state index contributed by atoms with van der Waals surface area (Å²) in [6.45, 7) is -0.508. The molecule has 2 saturated heterocycles. The topological polar surface area (TPSA) is 142 Å². The van der Waals surface area contributed by atoms with Crippen molar-refractivity contribution in [3.63, 3.8) is 0 Å². The first kappa shape index (κ1) is 28.1. The number of carbonyl (C=O) groups excluding carboxylic acids is 1. The van der Waals surface area contributed by atoms with Gasteiger partial charge in [0, 0.05) is 12.0 Å². The van der Waals surface area contributed by atoms with Crippen molar-refractivity contribution < 1.29 is 53.3 Å². The molecule has 11 heteroatoms. The number of aliphatic hydroxyl groups excluding tert-OH is 3. The van der Waals surface area contributed by atoms with Gasteiger partial charge in [-0.3, -0.25) is 4.79 Å². The number of carbonyl (C=O) groups is 1. The zero-order valence-corrected chi connectivity index (χ0v) is 21.7. The van der Waals surface area contributed by atoms with Crippen LogP contribution in [0.15, 0.2) is 36.4 Å². The average molecular weight is 535 g/mol. The Morgan fingerprint density at radius 2 is 1.39 bits per heavy atom. The number of methoxy groups -OCH3 is 4. The molecule has 3 unspecified atom stereocenters. The van der Waals surface area contributed by atoms with Crippen molar-refractivity contribution in [1.82, 2.24) is 0 Å². The molecule has 4 rings (SSSR count). The fourth-order valence-electron chi connectivity index (χ4n) is 4.78. The van der Waals surface area contributed by atoms with Gasteiger partial charge in [-0.15, -0.1) is 0 Å². The molecule has 2 aromatic carbocycles. The molecule has 7 atom stereocenters. The number of hydrogen-bond donors (Lipinski definition) is 3. The maximum Gasteiger partial charge on any atom is 0.187 e. The molecule has 0 amide bonds. The summed E-state index contributed by atoms with van der Waals surface area (Å²) in [7, 11) is 6.06. The summed E-state index contributed by atoms with van der Waals surface area (Å²) in [6.07, 6.45) is -6.87. The second kappa shape index (κ2) is 12.3. The van der Waals surface area contributed by atoms with Crippen LogP contribution >= 0.6 is 0 Å². The molecule has 0 radical (unpaired) electrons. The van der Waals surface area contributed by atoms with Crippen molar-refractivity contribution in [3.8, 4) is 23.0 Å². The van der Waals surface area contributed by atoms with E-state index in [0.717, 1.165) is 0 Å². The molecule has 2 aromatic rings. The van der Waals surface area contributed by atoms with Gasteiger partial charge in [0.15, 0.2) is 35.1 Å². The molecule has 0 saturated carbocycles. The third-order valence-electron chi connectivity index (χ3n) is 6.87. The molecular formula is C27H34O11. The van der Waals surface area contributed by atoms with Crippen LogP contribution in [-0.2, 0) is 14.2 Å². The smallest absolute Gasteiger partial charge is 0.187 e. The largest absolute Gasteiger partial charge is 0.493 e. The number of ketones is 1. The normalized spacial score (nSPS) is 28.8. The molecular weight excluding hydrogens is 500 g/mol. The highest BCUT2D eigenvalue weighted by molar-refractivity contribution is 5.96. The van der Waals surface area contributed by atoms with Crippen molar-refractivity contribution in [1.29, 1.82) is 0 Å². The van der Waals surface area contributed by atoms with E-state index >= 15 is 0 Å². The number of benzene rings is 2. The van der Waals surface area contributed by atoms with E-state index in [1.165, 1.54) is 28.4 Å². The molecule has 0 bridgehead atoms. The van der Waals surface area contributed by atoms with E-state index in [4.69, 9.17) is 33.2 Å². The number of ether oxygens (including phenoxy) is 7. The molecule has 11 nitrogen and oxygen atoms in total. The fourth-order valence-corrected chi connectivity index (χ4v) is 4.78. The van der Waals surface area contributed by atoms with Crippen LogP contribution in [0.25, 0.3) is 0 Å². The van der Waals surface area contributed by atoms with Gasteiger partial charge in [0.1, 0.15) is 30.5 Å². The van der Waals surface area contributed by atoms with Gasteiger partial charge >= 0.3 is 0 Å². The van der Waals surface area contributed by atoms with E-state index in [2.05, 4.69) is 0 Å². The first-order chi connectivity index (χ1) is 18.3. The quantitative estimate of drug-likeness (QED) is 0.383. The molecule has 2 fully saturated rings. The lowest BCUT2D eigenvalue weighted by atomic mass is 9.93. The lowest BCUT2D eigenvalue weighted by Gasteiger charge is -2.48. The average Bonchev–Trinajstić information content (AvgIpc) is 2.96. The van der Waals surface area contributed by atoms with Crippen LogP contribution in [0, 0.1) is 0 Å². The molecule has 208 valence electrons. The standard InChI is InChI=1S/C27H34O11/c1-32-17-8-5-14(11-20(17)34-3)16(29)7-10-19-25(15-6-9-18(33-2)21(12-15)35-4)38-26-24(31)23(30)22(13-28)37-27(26)36-19/h5-6,8-9,11-12,19,22-28,30-31H,7,10,13H2,1-4H3/t19-,22?,23-,24?,25-,26-,27?/m1/s1. The second-order valence-corrected chi connectivity index (χ2v) is 9.05. The predicted molar refractivity (Wildman–Crippen MR) is 133 cm³/mol. The lowest BCUT2D eigenvalue weighted by Crippen LogP contribution is -2.63. The Hall–Kier alpha value is -2.93. The summed E-state index contributed by atoms with van der Waals surface area (Å²) in [4.78, 5) is 13.1. The first-order valence-electron chi connectivity index (χ1n) is 12.3. The van der Waals surface area contributed by atoms with Crippen LogP contribution in [0.1, 0.15) is 34.9 Å². The first-order valence-corrected chi connectivity index (χ1v) is 12.3. The fraction of sp³-hybridized carbons (Fsp3) is 0.519. The van der Waals surface area contributed by atoms with E-state index in [1.807, 2.05) is 0 Å². The van der Waals surface area contributed by atoms with E-state index in [-0.39, 0.29) is 18.6 Å². The molecule has 0 spiro atoms. The van der Waals surface area contributed by atoms with Crippen molar-refractivity contribution in [2.24, 2.45) is 0 Å². The van der Waals surface area contributed by atoms with Gasteiger partial charge in [-0.1, -0.05) is 6.07 Å². The van der Waals surface area contributed by atoms with Crippen molar-refractivity contribution in [3.05, 3.63) is 47.5 Å². The molecule has 2 aliphatic rings. The maximum atomic E-state index is 13.1. The van der Waals surface area contributed by atoms with Crippen LogP contribution in [0.5, 0.6) is 23.0 Å². The number of fused-ring (bicyclic) bond motifs is 1. The Balaban J connectivity index is 1.59. The predicted octanol–water partition coefficient (Wildman–Crippen LogP) is 1.65. The summed E-state index contributed by atoms with van der Waals surface area (Å²) in [5.41, 5.74) is 1.11. The van der Waals surface area contributed by atoms with Crippen LogP contribution in [0.3, 0.4) is 0 Å². The minimum absolute atomic E-state index is 0.110. The minimum Gasteiger partial charge on any atom is -0.493 e. The number of aliphatic hydroxyl groups is 3. The molecule has 0 aliphatic carbocycles. The summed E-state index contributed by atoms with van der Waals surface area (Å²) in [6, 6.07) is 10.2. The third kappa shape index (κ3) is 5.58. The van der Waals surface area contributed by atoms with E-state index in [1.54, 1.807) is 36.4 Å². The summed E-state index contributed by atoms with van der Waals surface area (Å²) in [5, 5.41) is 30.6. The van der Waals surface area contributed by atoms with Crippen molar-refractivity contribution in [2.45, 2.75) is 55.8 Å². The van der Waals surface area contributed by atoms with E-state index in [9.17, 15) is 20.1 Å². The van der Waals surface area contributed by atoms with Gasteiger partial charge in [0.25, 0.3) is 0 Å². The zero-order valence-electron chi connectivity index (χ0n) is 21.7. The van der Waals surface area contributed by atoms with Gasteiger partial charge in [0.2, 0.25) is 0 Å². The van der Waals surface area contributed by atoms with Gasteiger partial charge in [-0.2, -0.15) is 0 Å². The highest BCUT2D eigenvalue weighted by Gasteiger charge is 2.51. The van der Waals surface area contributed by atoms with Crippen LogP contribution < -0.4 is 18.9 Å². The lowest BCUT2D eigenvalue weighted by molar-refractivity contribution is -0.369. The van der Waals surface area contributed by atoms with Crippen LogP contribution in [-0.4, -0.2) is 93.0 Å². The Labute approximate surface area is 220 Å². The Bertz CT molecular complexity index is 1110. The SMILES string of the molecule is COc1ccc(C(=O)CC[C@H]2OC3OC(CO)[C@@H](O)C(O)[C@H]3O[C@@H]2c2ccc(OC)c(OC)c2)cc1OC. The highest BCUT2D eigenvalue weighted by atomic mass is 16.7. The molecule has 2 aliphatic heterocycles. The van der Waals surface area contributed by atoms with Crippen molar-refractivity contribution in [2.75, 3.05) is 35.0 Å². The minimum atomic E-state index is -1.36. The summed E-state index contributed by atoms with van der Waals surface area (Å²) < 4.78 is 39.5.